The van der Waals surface area contributed by atoms with Crippen LogP contribution < -0.4 is 10.1 Å². The van der Waals surface area contributed by atoms with Crippen molar-refractivity contribution in [1.82, 2.24) is 5.32 Å². The van der Waals surface area contributed by atoms with E-state index >= 15 is 0 Å². The molecule has 2 nitrogen and oxygen atoms in total. The molecule has 2 heteroatoms. The summed E-state index contributed by atoms with van der Waals surface area (Å²) in [5.74, 6) is 1.67. The second-order valence-electron chi connectivity index (χ2n) is 5.47. The molecule has 0 aromatic heterocycles. The molecule has 0 amide bonds. The van der Waals surface area contributed by atoms with Crippen LogP contribution in [0.1, 0.15) is 62.8 Å². The van der Waals surface area contributed by atoms with Crippen molar-refractivity contribution in [1.29, 1.82) is 0 Å². The van der Waals surface area contributed by atoms with E-state index in [2.05, 4.69) is 52.1 Å². The van der Waals surface area contributed by atoms with E-state index in [-0.39, 0.29) is 6.10 Å². The molecule has 0 saturated carbocycles. The van der Waals surface area contributed by atoms with Gasteiger partial charge in [0.25, 0.3) is 0 Å². The summed E-state index contributed by atoms with van der Waals surface area (Å²) in [6, 6.07) is 4.81. The quantitative estimate of drug-likeness (QED) is 0.870. The molecule has 1 heterocycles. The summed E-state index contributed by atoms with van der Waals surface area (Å²) in [6.07, 6.45) is 1.32. The maximum Gasteiger partial charge on any atom is 0.127 e. The SMILES string of the molecule is CCNC1c2c(C(C)C)ccc(C)c2OC1CC. The molecule has 0 radical (unpaired) electrons. The number of likely N-dealkylation sites (N-methyl/N-ethyl adjacent to an activating group) is 1. The number of rotatable bonds is 4. The first-order valence-corrected chi connectivity index (χ1v) is 7.13. The molecule has 2 atom stereocenters. The standard InChI is InChI=1S/C16H25NO/c1-6-13-15(17-7-2)14-12(10(3)4)9-8-11(5)16(14)18-13/h8-10,13,15,17H,6-7H2,1-5H3. The second kappa shape index (κ2) is 5.31. The maximum atomic E-state index is 6.18. The van der Waals surface area contributed by atoms with Gasteiger partial charge < -0.3 is 10.1 Å². The van der Waals surface area contributed by atoms with Crippen LogP contribution in [0.25, 0.3) is 0 Å². The van der Waals surface area contributed by atoms with Gasteiger partial charge in [0.05, 0.1) is 6.04 Å². The molecule has 1 aromatic carbocycles. The Morgan fingerprint density at radius 1 is 1.28 bits per heavy atom. The first-order valence-electron chi connectivity index (χ1n) is 7.13. The summed E-state index contributed by atoms with van der Waals surface area (Å²) in [7, 11) is 0. The zero-order chi connectivity index (χ0) is 13.3. The first kappa shape index (κ1) is 13.4. The van der Waals surface area contributed by atoms with Crippen molar-refractivity contribution >= 4 is 0 Å². The minimum Gasteiger partial charge on any atom is -0.488 e. The van der Waals surface area contributed by atoms with Crippen LogP contribution in [0.4, 0.5) is 0 Å². The van der Waals surface area contributed by atoms with Crippen molar-refractivity contribution < 1.29 is 4.74 Å². The van der Waals surface area contributed by atoms with Gasteiger partial charge in [-0.3, -0.25) is 0 Å². The van der Waals surface area contributed by atoms with Crippen molar-refractivity contribution in [2.24, 2.45) is 0 Å². The predicted octanol–water partition coefficient (Wildman–Crippen LogP) is 3.94. The molecule has 0 bridgehead atoms. The van der Waals surface area contributed by atoms with Gasteiger partial charge >= 0.3 is 0 Å². The fraction of sp³-hybridized carbons (Fsp3) is 0.625. The Labute approximate surface area is 111 Å². The average Bonchev–Trinajstić information content (AvgIpc) is 2.70. The van der Waals surface area contributed by atoms with Gasteiger partial charge in [-0.05, 0) is 36.9 Å². The average molecular weight is 247 g/mol. The van der Waals surface area contributed by atoms with Crippen LogP contribution in [0.5, 0.6) is 5.75 Å². The number of hydrogen-bond acceptors (Lipinski definition) is 2. The molecule has 18 heavy (non-hydrogen) atoms. The van der Waals surface area contributed by atoms with Gasteiger partial charge in [-0.15, -0.1) is 0 Å². The van der Waals surface area contributed by atoms with E-state index in [1.807, 2.05) is 0 Å². The smallest absolute Gasteiger partial charge is 0.127 e. The Hall–Kier alpha value is -1.02. The van der Waals surface area contributed by atoms with Crippen LogP contribution in [0, 0.1) is 6.92 Å². The van der Waals surface area contributed by atoms with E-state index in [4.69, 9.17) is 4.74 Å². The fourth-order valence-electron chi connectivity index (χ4n) is 2.88. The molecule has 2 rings (SSSR count). The van der Waals surface area contributed by atoms with Gasteiger partial charge in [0, 0.05) is 5.56 Å². The Balaban J connectivity index is 2.51. The van der Waals surface area contributed by atoms with Gasteiger partial charge in [0.15, 0.2) is 0 Å². The van der Waals surface area contributed by atoms with Crippen LogP contribution in [-0.4, -0.2) is 12.6 Å². The summed E-state index contributed by atoms with van der Waals surface area (Å²) >= 11 is 0. The van der Waals surface area contributed by atoms with E-state index in [0.717, 1.165) is 18.7 Å². The Morgan fingerprint density at radius 3 is 2.56 bits per heavy atom. The minimum absolute atomic E-state index is 0.276. The van der Waals surface area contributed by atoms with Gasteiger partial charge in [-0.2, -0.15) is 0 Å². The predicted molar refractivity (Wildman–Crippen MR) is 76.4 cm³/mol. The first-order chi connectivity index (χ1) is 8.60. The molecule has 0 saturated heterocycles. The third-order valence-electron chi connectivity index (χ3n) is 3.83. The van der Waals surface area contributed by atoms with Gasteiger partial charge in [0.1, 0.15) is 11.9 Å². The lowest BCUT2D eigenvalue weighted by molar-refractivity contribution is 0.185. The van der Waals surface area contributed by atoms with Crippen LogP contribution in [0.3, 0.4) is 0 Å². The van der Waals surface area contributed by atoms with Crippen molar-refractivity contribution in [3.05, 3.63) is 28.8 Å². The van der Waals surface area contributed by atoms with Gasteiger partial charge in [-0.25, -0.2) is 0 Å². The molecule has 100 valence electrons. The highest BCUT2D eigenvalue weighted by Gasteiger charge is 2.35. The molecular weight excluding hydrogens is 222 g/mol. The largest absolute Gasteiger partial charge is 0.488 e. The van der Waals surface area contributed by atoms with E-state index < -0.39 is 0 Å². The number of hydrogen-bond donors (Lipinski definition) is 1. The molecule has 1 aliphatic heterocycles. The van der Waals surface area contributed by atoms with Crippen LogP contribution >= 0.6 is 0 Å². The Kier molecular flexibility index (Phi) is 3.96. The van der Waals surface area contributed by atoms with Crippen molar-refractivity contribution in [2.45, 2.75) is 59.1 Å². The third kappa shape index (κ3) is 2.14. The number of fused-ring (bicyclic) bond motifs is 1. The molecule has 0 fully saturated rings. The normalized spacial score (nSPS) is 22.1. The zero-order valence-electron chi connectivity index (χ0n) is 12.2. The number of benzene rings is 1. The fourth-order valence-corrected chi connectivity index (χ4v) is 2.88. The van der Waals surface area contributed by atoms with E-state index in [9.17, 15) is 0 Å². The zero-order valence-corrected chi connectivity index (χ0v) is 12.2. The minimum atomic E-state index is 0.276. The van der Waals surface area contributed by atoms with Crippen molar-refractivity contribution in [3.63, 3.8) is 0 Å². The highest BCUT2D eigenvalue weighted by molar-refractivity contribution is 5.52. The lowest BCUT2D eigenvalue weighted by Gasteiger charge is -2.20. The maximum absolute atomic E-state index is 6.18. The molecular formula is C16H25NO. The van der Waals surface area contributed by atoms with Gasteiger partial charge in [0.2, 0.25) is 0 Å². The van der Waals surface area contributed by atoms with Gasteiger partial charge in [-0.1, -0.05) is 39.8 Å². The summed E-state index contributed by atoms with van der Waals surface area (Å²) in [5.41, 5.74) is 4.09. The molecule has 1 aliphatic rings. The molecule has 0 spiro atoms. The lowest BCUT2D eigenvalue weighted by Crippen LogP contribution is -2.30. The second-order valence-corrected chi connectivity index (χ2v) is 5.47. The van der Waals surface area contributed by atoms with Crippen LogP contribution in [0.2, 0.25) is 0 Å². The van der Waals surface area contributed by atoms with E-state index in [1.54, 1.807) is 0 Å². The van der Waals surface area contributed by atoms with Crippen LogP contribution in [0.15, 0.2) is 12.1 Å². The summed E-state index contributed by atoms with van der Waals surface area (Å²) in [4.78, 5) is 0. The molecule has 2 unspecified atom stereocenters. The third-order valence-corrected chi connectivity index (χ3v) is 3.83. The lowest BCUT2D eigenvalue weighted by atomic mass is 9.89. The van der Waals surface area contributed by atoms with Crippen molar-refractivity contribution in [2.75, 3.05) is 6.54 Å². The summed E-state index contributed by atoms with van der Waals surface area (Å²) in [6.45, 7) is 12.0. The van der Waals surface area contributed by atoms with E-state index in [1.165, 1.54) is 16.7 Å². The summed E-state index contributed by atoms with van der Waals surface area (Å²) in [5, 5.41) is 3.60. The highest BCUT2D eigenvalue weighted by atomic mass is 16.5. The molecule has 0 aliphatic carbocycles. The highest BCUT2D eigenvalue weighted by Crippen LogP contribution is 2.44. The molecule has 1 N–H and O–H groups in total. The topological polar surface area (TPSA) is 21.3 Å². The van der Waals surface area contributed by atoms with Crippen LogP contribution in [-0.2, 0) is 0 Å². The summed E-state index contributed by atoms with van der Waals surface area (Å²) < 4.78 is 6.18. The van der Waals surface area contributed by atoms with E-state index in [0.29, 0.717) is 12.0 Å². The molecule has 1 aromatic rings. The van der Waals surface area contributed by atoms with Crippen molar-refractivity contribution in [3.8, 4) is 5.75 Å². The number of ether oxygens (including phenoxy) is 1. The number of aryl methyl sites for hydroxylation is 1. The monoisotopic (exact) mass is 247 g/mol. The Morgan fingerprint density at radius 2 is 2.00 bits per heavy atom. The Bertz CT molecular complexity index is 425. The number of nitrogens with one attached hydrogen (secondary N) is 1.